The van der Waals surface area contributed by atoms with E-state index in [9.17, 15) is 13.2 Å². The topological polar surface area (TPSA) is 12.0 Å². The molecule has 0 radical (unpaired) electrons. The van der Waals surface area contributed by atoms with Crippen LogP contribution in [0.15, 0.2) is 40.9 Å². The highest BCUT2D eigenvalue weighted by molar-refractivity contribution is 9.10. The molecule has 112 valence electrons. The van der Waals surface area contributed by atoms with Crippen LogP contribution in [-0.2, 0) is 0 Å². The van der Waals surface area contributed by atoms with Crippen LogP contribution in [0.5, 0.6) is 0 Å². The normalized spacial score (nSPS) is 12.4. The van der Waals surface area contributed by atoms with Gasteiger partial charge in [-0.2, -0.15) is 0 Å². The van der Waals surface area contributed by atoms with Crippen molar-refractivity contribution < 1.29 is 13.2 Å². The van der Waals surface area contributed by atoms with Crippen LogP contribution in [0.25, 0.3) is 0 Å². The van der Waals surface area contributed by atoms with Crippen molar-refractivity contribution in [2.45, 2.75) is 19.4 Å². The molecule has 1 nitrogen and oxygen atoms in total. The largest absolute Gasteiger partial charge is 0.306 e. The van der Waals surface area contributed by atoms with Crippen LogP contribution in [0, 0.1) is 17.5 Å². The molecule has 2 rings (SSSR count). The minimum Gasteiger partial charge on any atom is -0.306 e. The van der Waals surface area contributed by atoms with Crippen molar-refractivity contribution in [1.29, 1.82) is 0 Å². The Bertz CT molecular complexity index is 590. The van der Waals surface area contributed by atoms with Crippen molar-refractivity contribution in [3.63, 3.8) is 0 Å². The molecule has 21 heavy (non-hydrogen) atoms. The summed E-state index contributed by atoms with van der Waals surface area (Å²) in [5.41, 5.74) is 0.559. The van der Waals surface area contributed by atoms with Gasteiger partial charge < -0.3 is 5.32 Å². The molecule has 2 aromatic rings. The maximum Gasteiger partial charge on any atom is 0.134 e. The van der Waals surface area contributed by atoms with Crippen LogP contribution in [-0.4, -0.2) is 6.54 Å². The second-order valence-electron chi connectivity index (χ2n) is 4.72. The van der Waals surface area contributed by atoms with Crippen LogP contribution in [0.2, 0.25) is 0 Å². The summed E-state index contributed by atoms with van der Waals surface area (Å²) in [6.07, 6.45) is 0.817. The summed E-state index contributed by atoms with van der Waals surface area (Å²) in [6.45, 7) is 2.56. The standard InChI is InChI=1S/C16H15BrF3N/c1-2-7-21-16(10-3-5-11(17)6-4-10)15-13(19)8-12(18)9-14(15)20/h3-6,8-9,16,21H,2,7H2,1H3. The van der Waals surface area contributed by atoms with Gasteiger partial charge in [-0.15, -0.1) is 0 Å². The molecule has 5 heteroatoms. The third-order valence-corrected chi connectivity index (χ3v) is 3.66. The Morgan fingerprint density at radius 2 is 1.62 bits per heavy atom. The molecule has 0 aliphatic rings. The Balaban J connectivity index is 2.47. The van der Waals surface area contributed by atoms with E-state index in [2.05, 4.69) is 21.2 Å². The molecule has 0 heterocycles. The van der Waals surface area contributed by atoms with Gasteiger partial charge in [0.2, 0.25) is 0 Å². The van der Waals surface area contributed by atoms with E-state index in [1.807, 2.05) is 6.92 Å². The first-order valence-electron chi connectivity index (χ1n) is 6.66. The predicted molar refractivity (Wildman–Crippen MR) is 80.6 cm³/mol. The Hall–Kier alpha value is -1.33. The van der Waals surface area contributed by atoms with E-state index < -0.39 is 23.5 Å². The van der Waals surface area contributed by atoms with E-state index in [0.717, 1.165) is 16.5 Å². The minimum absolute atomic E-state index is 0.160. The Kier molecular flexibility index (Phi) is 5.42. The number of hydrogen-bond donors (Lipinski definition) is 1. The molecular formula is C16H15BrF3N. The van der Waals surface area contributed by atoms with E-state index in [0.29, 0.717) is 18.7 Å². The summed E-state index contributed by atoms with van der Waals surface area (Å²) >= 11 is 3.32. The van der Waals surface area contributed by atoms with Gasteiger partial charge in [-0.1, -0.05) is 35.0 Å². The number of benzene rings is 2. The van der Waals surface area contributed by atoms with Gasteiger partial charge in [-0.25, -0.2) is 13.2 Å². The first kappa shape index (κ1) is 16.0. The summed E-state index contributed by atoms with van der Waals surface area (Å²) in [7, 11) is 0. The van der Waals surface area contributed by atoms with Crippen LogP contribution in [0.3, 0.4) is 0 Å². The van der Waals surface area contributed by atoms with Crippen molar-refractivity contribution in [3.05, 3.63) is 69.4 Å². The molecular weight excluding hydrogens is 343 g/mol. The van der Waals surface area contributed by atoms with Gasteiger partial charge in [-0.05, 0) is 30.7 Å². The van der Waals surface area contributed by atoms with Gasteiger partial charge in [0.1, 0.15) is 17.5 Å². The first-order chi connectivity index (χ1) is 10.0. The third-order valence-electron chi connectivity index (χ3n) is 3.13. The molecule has 0 saturated carbocycles. The molecule has 0 spiro atoms. The van der Waals surface area contributed by atoms with Crippen LogP contribution in [0.1, 0.15) is 30.5 Å². The van der Waals surface area contributed by atoms with Crippen molar-refractivity contribution in [1.82, 2.24) is 5.32 Å². The van der Waals surface area contributed by atoms with Crippen LogP contribution < -0.4 is 5.32 Å². The summed E-state index contributed by atoms with van der Waals surface area (Å²) in [5.74, 6) is -2.69. The highest BCUT2D eigenvalue weighted by Crippen LogP contribution is 2.28. The zero-order valence-corrected chi connectivity index (χ0v) is 13.1. The van der Waals surface area contributed by atoms with E-state index >= 15 is 0 Å². The van der Waals surface area contributed by atoms with Gasteiger partial charge in [0.05, 0.1) is 6.04 Å². The molecule has 0 aromatic heterocycles. The average molecular weight is 358 g/mol. The SMILES string of the molecule is CCCNC(c1ccc(Br)cc1)c1c(F)cc(F)cc1F. The van der Waals surface area contributed by atoms with Crippen molar-refractivity contribution in [2.75, 3.05) is 6.54 Å². The average Bonchev–Trinajstić information content (AvgIpc) is 2.42. The molecule has 0 amide bonds. The summed E-state index contributed by atoms with van der Waals surface area (Å²) in [4.78, 5) is 0. The van der Waals surface area contributed by atoms with Crippen molar-refractivity contribution >= 4 is 15.9 Å². The lowest BCUT2D eigenvalue weighted by Crippen LogP contribution is -2.25. The molecule has 0 bridgehead atoms. The zero-order valence-electron chi connectivity index (χ0n) is 11.5. The smallest absolute Gasteiger partial charge is 0.134 e. The molecule has 1 N–H and O–H groups in total. The van der Waals surface area contributed by atoms with Crippen molar-refractivity contribution in [2.24, 2.45) is 0 Å². The number of hydrogen-bond acceptors (Lipinski definition) is 1. The maximum absolute atomic E-state index is 14.0. The molecule has 0 aliphatic heterocycles. The second kappa shape index (κ2) is 7.09. The molecule has 0 aliphatic carbocycles. The Morgan fingerprint density at radius 1 is 1.05 bits per heavy atom. The van der Waals surface area contributed by atoms with E-state index in [1.165, 1.54) is 0 Å². The number of rotatable bonds is 5. The second-order valence-corrected chi connectivity index (χ2v) is 5.64. The summed E-state index contributed by atoms with van der Waals surface area (Å²) < 4.78 is 42.0. The Morgan fingerprint density at radius 3 is 2.14 bits per heavy atom. The van der Waals surface area contributed by atoms with Gasteiger partial charge in [0.15, 0.2) is 0 Å². The van der Waals surface area contributed by atoms with Crippen LogP contribution >= 0.6 is 15.9 Å². The fraction of sp³-hybridized carbons (Fsp3) is 0.250. The van der Waals surface area contributed by atoms with Crippen molar-refractivity contribution in [3.8, 4) is 0 Å². The first-order valence-corrected chi connectivity index (χ1v) is 7.45. The van der Waals surface area contributed by atoms with Crippen LogP contribution in [0.4, 0.5) is 13.2 Å². The monoisotopic (exact) mass is 357 g/mol. The number of halogens is 4. The predicted octanol–water partition coefficient (Wildman–Crippen LogP) is 4.96. The lowest BCUT2D eigenvalue weighted by molar-refractivity contribution is 0.486. The highest BCUT2D eigenvalue weighted by atomic mass is 79.9. The Labute approximate surface area is 130 Å². The fourth-order valence-corrected chi connectivity index (χ4v) is 2.42. The maximum atomic E-state index is 14.0. The van der Waals surface area contributed by atoms with E-state index in [4.69, 9.17) is 0 Å². The van der Waals surface area contributed by atoms with Gasteiger partial charge in [0, 0.05) is 22.2 Å². The molecule has 1 unspecified atom stereocenters. The van der Waals surface area contributed by atoms with E-state index in [-0.39, 0.29) is 5.56 Å². The summed E-state index contributed by atoms with van der Waals surface area (Å²) in [5, 5.41) is 3.10. The fourth-order valence-electron chi connectivity index (χ4n) is 2.16. The molecule has 0 fully saturated rings. The lowest BCUT2D eigenvalue weighted by Gasteiger charge is -2.21. The summed E-state index contributed by atoms with van der Waals surface area (Å²) in [6, 6.07) is 7.92. The molecule has 2 aromatic carbocycles. The number of nitrogens with one attached hydrogen (secondary N) is 1. The lowest BCUT2D eigenvalue weighted by atomic mass is 9.97. The van der Waals surface area contributed by atoms with Gasteiger partial charge >= 0.3 is 0 Å². The third kappa shape index (κ3) is 3.86. The quantitative estimate of drug-likeness (QED) is 0.797. The van der Waals surface area contributed by atoms with Gasteiger partial charge in [-0.3, -0.25) is 0 Å². The zero-order chi connectivity index (χ0) is 15.4. The minimum atomic E-state index is -0.918. The molecule has 0 saturated heterocycles. The highest BCUT2D eigenvalue weighted by Gasteiger charge is 2.22. The van der Waals surface area contributed by atoms with Gasteiger partial charge in [0.25, 0.3) is 0 Å². The van der Waals surface area contributed by atoms with E-state index in [1.54, 1.807) is 24.3 Å². The molecule has 1 atom stereocenters.